The van der Waals surface area contributed by atoms with Gasteiger partial charge in [-0.15, -0.1) is 0 Å². The number of nitrogens with zero attached hydrogens (tertiary/aromatic N) is 2. The Hall–Kier alpha value is -1.77. The third-order valence-corrected chi connectivity index (χ3v) is 2.20. The summed E-state index contributed by atoms with van der Waals surface area (Å²) in [4.78, 5) is 8.37. The van der Waals surface area contributed by atoms with E-state index in [0.29, 0.717) is 11.4 Å². The molecule has 0 aliphatic heterocycles. The highest BCUT2D eigenvalue weighted by molar-refractivity contribution is 5.54. The SMILES string of the molecule is CCc1cnc(-c2cccc(F)c2)nc1. The van der Waals surface area contributed by atoms with Crippen molar-refractivity contribution in [2.24, 2.45) is 0 Å². The Morgan fingerprint density at radius 3 is 2.53 bits per heavy atom. The first-order valence-corrected chi connectivity index (χ1v) is 4.86. The molecule has 3 heteroatoms. The summed E-state index contributed by atoms with van der Waals surface area (Å²) >= 11 is 0. The van der Waals surface area contributed by atoms with Gasteiger partial charge in [-0.3, -0.25) is 0 Å². The van der Waals surface area contributed by atoms with E-state index in [2.05, 4.69) is 9.97 Å². The lowest BCUT2D eigenvalue weighted by molar-refractivity contribution is 0.628. The van der Waals surface area contributed by atoms with E-state index in [1.54, 1.807) is 24.5 Å². The first kappa shape index (κ1) is 9.77. The summed E-state index contributed by atoms with van der Waals surface area (Å²) in [6.45, 7) is 2.04. The summed E-state index contributed by atoms with van der Waals surface area (Å²) in [5.74, 6) is 0.294. The minimum Gasteiger partial charge on any atom is -0.236 e. The molecule has 1 aromatic heterocycles. The zero-order valence-corrected chi connectivity index (χ0v) is 8.44. The van der Waals surface area contributed by atoms with Crippen LogP contribution in [0.2, 0.25) is 0 Å². The fourth-order valence-electron chi connectivity index (χ4n) is 1.31. The molecule has 2 rings (SSSR count). The van der Waals surface area contributed by atoms with Gasteiger partial charge in [0.05, 0.1) is 0 Å². The molecule has 0 unspecified atom stereocenters. The van der Waals surface area contributed by atoms with Crippen LogP contribution in [0.15, 0.2) is 36.7 Å². The van der Waals surface area contributed by atoms with Gasteiger partial charge in [0, 0.05) is 18.0 Å². The van der Waals surface area contributed by atoms with Gasteiger partial charge in [-0.25, -0.2) is 14.4 Å². The lowest BCUT2D eigenvalue weighted by atomic mass is 10.2. The summed E-state index contributed by atoms with van der Waals surface area (Å²) in [6, 6.07) is 6.29. The Morgan fingerprint density at radius 1 is 1.20 bits per heavy atom. The molecule has 0 fully saturated rings. The summed E-state index contributed by atoms with van der Waals surface area (Å²) in [5.41, 5.74) is 1.79. The molecule has 0 amide bonds. The maximum Gasteiger partial charge on any atom is 0.159 e. The normalized spacial score (nSPS) is 10.3. The predicted octanol–water partition coefficient (Wildman–Crippen LogP) is 2.85. The molecule has 15 heavy (non-hydrogen) atoms. The van der Waals surface area contributed by atoms with Crippen LogP contribution in [0.4, 0.5) is 4.39 Å². The van der Waals surface area contributed by atoms with Crippen molar-refractivity contribution in [3.63, 3.8) is 0 Å². The van der Waals surface area contributed by atoms with Gasteiger partial charge in [-0.2, -0.15) is 0 Å². The second-order valence-electron chi connectivity index (χ2n) is 3.28. The third-order valence-electron chi connectivity index (χ3n) is 2.20. The average Bonchev–Trinajstić information content (AvgIpc) is 2.29. The minimum atomic E-state index is -0.268. The summed E-state index contributed by atoms with van der Waals surface area (Å²) in [7, 11) is 0. The molecule has 0 radical (unpaired) electrons. The first-order chi connectivity index (χ1) is 7.29. The van der Waals surface area contributed by atoms with E-state index in [-0.39, 0.29) is 5.82 Å². The Balaban J connectivity index is 2.37. The zero-order chi connectivity index (χ0) is 10.7. The molecule has 1 aromatic carbocycles. The van der Waals surface area contributed by atoms with Crippen LogP contribution in [-0.2, 0) is 6.42 Å². The van der Waals surface area contributed by atoms with Gasteiger partial charge in [-0.1, -0.05) is 19.1 Å². The molecule has 0 atom stereocenters. The van der Waals surface area contributed by atoms with Crippen molar-refractivity contribution in [1.82, 2.24) is 9.97 Å². The van der Waals surface area contributed by atoms with E-state index in [9.17, 15) is 4.39 Å². The number of hydrogen-bond donors (Lipinski definition) is 0. The zero-order valence-electron chi connectivity index (χ0n) is 8.44. The van der Waals surface area contributed by atoms with Crippen molar-refractivity contribution in [3.05, 3.63) is 48.0 Å². The van der Waals surface area contributed by atoms with Crippen LogP contribution in [-0.4, -0.2) is 9.97 Å². The number of benzene rings is 1. The molecular weight excluding hydrogens is 191 g/mol. The third kappa shape index (κ3) is 2.18. The Bertz CT molecular complexity index is 451. The Morgan fingerprint density at radius 2 is 1.93 bits per heavy atom. The molecule has 0 aliphatic carbocycles. The molecule has 2 nitrogen and oxygen atoms in total. The van der Waals surface area contributed by atoms with Crippen molar-refractivity contribution >= 4 is 0 Å². The van der Waals surface area contributed by atoms with Gasteiger partial charge in [0.1, 0.15) is 5.82 Å². The topological polar surface area (TPSA) is 25.8 Å². The van der Waals surface area contributed by atoms with Crippen LogP contribution >= 0.6 is 0 Å². The van der Waals surface area contributed by atoms with Crippen LogP contribution in [0.5, 0.6) is 0 Å². The smallest absolute Gasteiger partial charge is 0.159 e. The highest BCUT2D eigenvalue weighted by Crippen LogP contribution is 2.15. The maximum absolute atomic E-state index is 12.9. The largest absolute Gasteiger partial charge is 0.236 e. The number of aryl methyl sites for hydroxylation is 1. The second kappa shape index (κ2) is 4.17. The molecule has 0 bridgehead atoms. The Labute approximate surface area is 87.8 Å². The standard InChI is InChI=1S/C12H11FN2/c1-2-9-7-14-12(15-8-9)10-4-3-5-11(13)6-10/h3-8H,2H2,1H3. The van der Waals surface area contributed by atoms with Crippen molar-refractivity contribution in [3.8, 4) is 11.4 Å². The van der Waals surface area contributed by atoms with Crippen molar-refractivity contribution < 1.29 is 4.39 Å². The molecule has 0 saturated heterocycles. The van der Waals surface area contributed by atoms with Gasteiger partial charge in [0.15, 0.2) is 5.82 Å². The number of hydrogen-bond acceptors (Lipinski definition) is 2. The van der Waals surface area contributed by atoms with E-state index in [1.807, 2.05) is 6.92 Å². The maximum atomic E-state index is 12.9. The first-order valence-electron chi connectivity index (χ1n) is 4.86. The van der Waals surface area contributed by atoms with Gasteiger partial charge in [-0.05, 0) is 24.1 Å². The monoisotopic (exact) mass is 202 g/mol. The van der Waals surface area contributed by atoms with E-state index < -0.39 is 0 Å². The molecule has 0 N–H and O–H groups in total. The highest BCUT2D eigenvalue weighted by atomic mass is 19.1. The molecular formula is C12H11FN2. The average molecular weight is 202 g/mol. The summed E-state index contributed by atoms with van der Waals surface area (Å²) < 4.78 is 12.9. The van der Waals surface area contributed by atoms with Crippen molar-refractivity contribution in [2.45, 2.75) is 13.3 Å². The number of halogens is 1. The quantitative estimate of drug-likeness (QED) is 0.748. The molecule has 0 aliphatic rings. The molecule has 0 saturated carbocycles. The van der Waals surface area contributed by atoms with Crippen LogP contribution in [0.1, 0.15) is 12.5 Å². The number of aromatic nitrogens is 2. The van der Waals surface area contributed by atoms with E-state index in [0.717, 1.165) is 12.0 Å². The predicted molar refractivity (Wildman–Crippen MR) is 56.8 cm³/mol. The van der Waals surface area contributed by atoms with Crippen molar-refractivity contribution in [2.75, 3.05) is 0 Å². The van der Waals surface area contributed by atoms with Gasteiger partial charge >= 0.3 is 0 Å². The summed E-state index contributed by atoms with van der Waals surface area (Å²) in [6.07, 6.45) is 4.45. The Kier molecular flexibility index (Phi) is 2.72. The van der Waals surface area contributed by atoms with Crippen LogP contribution in [0.25, 0.3) is 11.4 Å². The van der Waals surface area contributed by atoms with Gasteiger partial charge in [0.2, 0.25) is 0 Å². The molecule has 2 aromatic rings. The van der Waals surface area contributed by atoms with Crippen molar-refractivity contribution in [1.29, 1.82) is 0 Å². The lowest BCUT2D eigenvalue weighted by Crippen LogP contribution is -1.91. The van der Waals surface area contributed by atoms with Crippen LogP contribution in [0, 0.1) is 5.82 Å². The molecule has 1 heterocycles. The summed E-state index contributed by atoms with van der Waals surface area (Å²) in [5, 5.41) is 0. The van der Waals surface area contributed by atoms with E-state index in [1.165, 1.54) is 12.1 Å². The van der Waals surface area contributed by atoms with E-state index >= 15 is 0 Å². The van der Waals surface area contributed by atoms with Crippen LogP contribution in [0.3, 0.4) is 0 Å². The van der Waals surface area contributed by atoms with Crippen LogP contribution < -0.4 is 0 Å². The highest BCUT2D eigenvalue weighted by Gasteiger charge is 2.01. The van der Waals surface area contributed by atoms with Gasteiger partial charge < -0.3 is 0 Å². The molecule has 76 valence electrons. The second-order valence-corrected chi connectivity index (χ2v) is 3.28. The number of rotatable bonds is 2. The van der Waals surface area contributed by atoms with Gasteiger partial charge in [0.25, 0.3) is 0 Å². The van der Waals surface area contributed by atoms with E-state index in [4.69, 9.17) is 0 Å². The fraction of sp³-hybridized carbons (Fsp3) is 0.167. The minimum absolute atomic E-state index is 0.268. The lowest BCUT2D eigenvalue weighted by Gasteiger charge is -2.00. The molecule has 0 spiro atoms. The fourth-order valence-corrected chi connectivity index (χ4v) is 1.31.